The number of thiazole rings is 1. The average molecular weight is 406 g/mol. The van der Waals surface area contributed by atoms with E-state index in [1.807, 2.05) is 25.1 Å². The Labute approximate surface area is 176 Å². The van der Waals surface area contributed by atoms with Crippen molar-refractivity contribution >= 4 is 17.2 Å². The highest BCUT2D eigenvalue weighted by molar-refractivity contribution is 7.13. The molecule has 1 amide bonds. The summed E-state index contributed by atoms with van der Waals surface area (Å²) in [6.45, 7) is 4.95. The summed E-state index contributed by atoms with van der Waals surface area (Å²) in [5.74, 6) is 0.0285. The molecule has 1 aliphatic rings. The molecule has 150 valence electrons. The van der Waals surface area contributed by atoms with E-state index in [1.165, 1.54) is 22.5 Å². The highest BCUT2D eigenvalue weighted by Crippen LogP contribution is 2.22. The fourth-order valence-electron chi connectivity index (χ4n) is 3.84. The summed E-state index contributed by atoms with van der Waals surface area (Å²) in [5.41, 5.74) is 3.40. The van der Waals surface area contributed by atoms with Gasteiger partial charge in [-0.25, -0.2) is 4.98 Å². The Morgan fingerprint density at radius 3 is 2.31 bits per heavy atom. The molecule has 29 heavy (non-hydrogen) atoms. The third kappa shape index (κ3) is 5.31. The summed E-state index contributed by atoms with van der Waals surface area (Å²) in [7, 11) is 0. The number of hydrogen-bond donors (Lipinski definition) is 1. The maximum Gasteiger partial charge on any atom is 0.263 e. The minimum atomic E-state index is 0.0285. The van der Waals surface area contributed by atoms with Crippen LogP contribution in [0.25, 0.3) is 0 Å². The van der Waals surface area contributed by atoms with Gasteiger partial charge in [-0.05, 0) is 30.9 Å². The number of amides is 1. The zero-order chi connectivity index (χ0) is 20.1. The molecule has 0 aliphatic carbocycles. The number of likely N-dealkylation sites (tertiary alicyclic amines) is 1. The van der Waals surface area contributed by atoms with Crippen LogP contribution in [0.15, 0.2) is 60.7 Å². The summed E-state index contributed by atoms with van der Waals surface area (Å²) >= 11 is 1.52. The van der Waals surface area contributed by atoms with E-state index < -0.39 is 0 Å². The third-order valence-electron chi connectivity index (χ3n) is 5.42. The Bertz CT molecular complexity index is 931. The number of aryl methyl sites for hydroxylation is 1. The zero-order valence-corrected chi connectivity index (χ0v) is 17.6. The lowest BCUT2D eigenvalue weighted by molar-refractivity contribution is 0.0912. The molecule has 1 saturated heterocycles. The quantitative estimate of drug-likeness (QED) is 0.660. The number of hydrogen-bond acceptors (Lipinski definition) is 4. The molecule has 1 aromatic heterocycles. The van der Waals surface area contributed by atoms with Crippen LogP contribution in [0.1, 0.15) is 44.3 Å². The molecule has 2 heterocycles. The van der Waals surface area contributed by atoms with Crippen LogP contribution in [0.4, 0.5) is 0 Å². The molecule has 5 heteroatoms. The molecule has 4 rings (SSSR count). The first-order valence-corrected chi connectivity index (χ1v) is 11.1. The SMILES string of the molecule is Cc1nc(Cc2ccccc2)sc1C(=O)NC1CCN(Cc2ccccc2)CC1. The van der Waals surface area contributed by atoms with Crippen molar-refractivity contribution in [2.45, 2.75) is 38.8 Å². The van der Waals surface area contributed by atoms with Crippen molar-refractivity contribution in [3.05, 3.63) is 87.4 Å². The predicted octanol–water partition coefficient (Wildman–Crippen LogP) is 4.44. The van der Waals surface area contributed by atoms with Crippen LogP contribution in [0, 0.1) is 6.92 Å². The Kier molecular flexibility index (Phi) is 6.37. The van der Waals surface area contributed by atoms with E-state index in [0.717, 1.165) is 54.5 Å². The highest BCUT2D eigenvalue weighted by atomic mass is 32.1. The van der Waals surface area contributed by atoms with Crippen LogP contribution in [0.2, 0.25) is 0 Å². The number of carbonyl (C=O) groups is 1. The normalized spacial score (nSPS) is 15.3. The van der Waals surface area contributed by atoms with E-state index in [2.05, 4.69) is 57.7 Å². The van der Waals surface area contributed by atoms with E-state index in [4.69, 9.17) is 0 Å². The molecule has 0 radical (unpaired) electrons. The minimum Gasteiger partial charge on any atom is -0.348 e. The third-order valence-corrected chi connectivity index (χ3v) is 6.57. The Morgan fingerprint density at radius 2 is 1.66 bits per heavy atom. The van der Waals surface area contributed by atoms with Gasteiger partial charge < -0.3 is 5.32 Å². The van der Waals surface area contributed by atoms with Crippen molar-refractivity contribution in [1.82, 2.24) is 15.2 Å². The van der Waals surface area contributed by atoms with Gasteiger partial charge in [0.2, 0.25) is 0 Å². The van der Waals surface area contributed by atoms with Crippen molar-refractivity contribution in [1.29, 1.82) is 0 Å². The Hall–Kier alpha value is -2.50. The number of benzene rings is 2. The van der Waals surface area contributed by atoms with Gasteiger partial charge >= 0.3 is 0 Å². The van der Waals surface area contributed by atoms with Crippen LogP contribution >= 0.6 is 11.3 Å². The summed E-state index contributed by atoms with van der Waals surface area (Å²) in [6.07, 6.45) is 2.76. The summed E-state index contributed by atoms with van der Waals surface area (Å²) in [4.78, 5) is 20.7. The topological polar surface area (TPSA) is 45.2 Å². The standard InChI is InChI=1S/C24H27N3OS/c1-18-23(29-22(25-18)16-19-8-4-2-5-9-19)24(28)26-21-12-14-27(15-13-21)17-20-10-6-3-7-11-20/h2-11,21H,12-17H2,1H3,(H,26,28). The van der Waals surface area contributed by atoms with E-state index >= 15 is 0 Å². The molecule has 3 aromatic rings. The van der Waals surface area contributed by atoms with Crippen molar-refractivity contribution in [3.63, 3.8) is 0 Å². The van der Waals surface area contributed by atoms with Gasteiger partial charge in [-0.2, -0.15) is 0 Å². The van der Waals surface area contributed by atoms with Gasteiger partial charge in [-0.3, -0.25) is 9.69 Å². The van der Waals surface area contributed by atoms with Gasteiger partial charge in [0.1, 0.15) is 4.88 Å². The Morgan fingerprint density at radius 1 is 1.03 bits per heavy atom. The van der Waals surface area contributed by atoms with Gasteiger partial charge in [0.15, 0.2) is 0 Å². The first-order chi connectivity index (χ1) is 14.2. The molecule has 0 atom stereocenters. The van der Waals surface area contributed by atoms with Crippen molar-refractivity contribution in [3.8, 4) is 0 Å². The summed E-state index contributed by atoms with van der Waals surface area (Å²) in [5, 5.41) is 4.24. The molecule has 0 spiro atoms. The summed E-state index contributed by atoms with van der Waals surface area (Å²) < 4.78 is 0. The predicted molar refractivity (Wildman–Crippen MR) is 118 cm³/mol. The molecule has 1 aliphatic heterocycles. The minimum absolute atomic E-state index is 0.0285. The molecule has 4 nitrogen and oxygen atoms in total. The molecule has 2 aromatic carbocycles. The van der Waals surface area contributed by atoms with Gasteiger partial charge in [-0.15, -0.1) is 11.3 Å². The van der Waals surface area contributed by atoms with E-state index in [0.29, 0.717) is 0 Å². The second-order valence-electron chi connectivity index (χ2n) is 7.69. The van der Waals surface area contributed by atoms with Crippen molar-refractivity contribution in [2.24, 2.45) is 0 Å². The lowest BCUT2D eigenvalue weighted by Crippen LogP contribution is -2.44. The highest BCUT2D eigenvalue weighted by Gasteiger charge is 2.23. The monoisotopic (exact) mass is 405 g/mol. The van der Waals surface area contributed by atoms with Gasteiger partial charge in [0, 0.05) is 32.1 Å². The van der Waals surface area contributed by atoms with Gasteiger partial charge in [0.25, 0.3) is 5.91 Å². The van der Waals surface area contributed by atoms with Crippen LogP contribution < -0.4 is 5.32 Å². The number of carbonyl (C=O) groups excluding carboxylic acids is 1. The Balaban J connectivity index is 1.30. The fraction of sp³-hybridized carbons (Fsp3) is 0.333. The van der Waals surface area contributed by atoms with Crippen LogP contribution in [-0.2, 0) is 13.0 Å². The number of piperidine rings is 1. The van der Waals surface area contributed by atoms with Gasteiger partial charge in [-0.1, -0.05) is 60.7 Å². The largest absolute Gasteiger partial charge is 0.348 e. The molecule has 1 N–H and O–H groups in total. The fourth-order valence-corrected chi connectivity index (χ4v) is 4.84. The maximum atomic E-state index is 12.8. The number of nitrogens with zero attached hydrogens (tertiary/aromatic N) is 2. The zero-order valence-electron chi connectivity index (χ0n) is 16.8. The first-order valence-electron chi connectivity index (χ1n) is 10.2. The van der Waals surface area contributed by atoms with Crippen LogP contribution in [0.5, 0.6) is 0 Å². The molecule has 0 saturated carbocycles. The number of rotatable bonds is 6. The number of nitrogens with one attached hydrogen (secondary N) is 1. The molecular weight excluding hydrogens is 378 g/mol. The molecular formula is C24H27N3OS. The second kappa shape index (κ2) is 9.33. The van der Waals surface area contributed by atoms with E-state index in [9.17, 15) is 4.79 Å². The molecule has 1 fully saturated rings. The van der Waals surface area contributed by atoms with Crippen LogP contribution in [-0.4, -0.2) is 34.9 Å². The molecule has 0 unspecified atom stereocenters. The summed E-state index contributed by atoms with van der Waals surface area (Å²) in [6, 6.07) is 21.1. The maximum absolute atomic E-state index is 12.8. The smallest absolute Gasteiger partial charge is 0.263 e. The average Bonchev–Trinajstić information content (AvgIpc) is 3.11. The van der Waals surface area contributed by atoms with Crippen molar-refractivity contribution in [2.75, 3.05) is 13.1 Å². The van der Waals surface area contributed by atoms with Crippen LogP contribution in [0.3, 0.4) is 0 Å². The lowest BCUT2D eigenvalue weighted by Gasteiger charge is -2.32. The first kappa shape index (κ1) is 19.8. The second-order valence-corrected chi connectivity index (χ2v) is 8.78. The molecule has 0 bridgehead atoms. The van der Waals surface area contributed by atoms with E-state index in [1.54, 1.807) is 0 Å². The van der Waals surface area contributed by atoms with E-state index in [-0.39, 0.29) is 11.9 Å². The number of aromatic nitrogens is 1. The lowest BCUT2D eigenvalue weighted by atomic mass is 10.0. The van der Waals surface area contributed by atoms with Crippen molar-refractivity contribution < 1.29 is 4.79 Å². The van der Waals surface area contributed by atoms with Gasteiger partial charge in [0.05, 0.1) is 10.7 Å².